The number of hydrogen-bond donors (Lipinski definition) is 2. The molecule has 1 heterocycles. The van der Waals surface area contributed by atoms with Crippen LogP contribution in [0.25, 0.3) is 0 Å². The van der Waals surface area contributed by atoms with Gasteiger partial charge in [0.1, 0.15) is 0 Å². The summed E-state index contributed by atoms with van der Waals surface area (Å²) < 4.78 is 5.49. The zero-order chi connectivity index (χ0) is 13.5. The molecule has 1 amide bonds. The van der Waals surface area contributed by atoms with E-state index in [9.17, 15) is 4.79 Å². The lowest BCUT2D eigenvalue weighted by Crippen LogP contribution is -2.47. The molecule has 1 rings (SSSR count). The molecule has 0 aromatic heterocycles. The SMILES string of the molecule is CCNC(CCN1CCC(C)C(OC)C1)C(N)=O. The van der Waals surface area contributed by atoms with Gasteiger partial charge in [-0.2, -0.15) is 0 Å². The van der Waals surface area contributed by atoms with Gasteiger partial charge in [0.05, 0.1) is 12.1 Å². The lowest BCUT2D eigenvalue weighted by atomic mass is 9.95. The van der Waals surface area contributed by atoms with E-state index < -0.39 is 0 Å². The molecule has 0 aromatic rings. The molecule has 3 unspecified atom stereocenters. The summed E-state index contributed by atoms with van der Waals surface area (Å²) in [6.45, 7) is 7.92. The minimum absolute atomic E-state index is 0.213. The molecule has 0 aromatic carbocycles. The maximum Gasteiger partial charge on any atom is 0.234 e. The van der Waals surface area contributed by atoms with Crippen LogP contribution in [0.15, 0.2) is 0 Å². The Hall–Kier alpha value is -0.650. The van der Waals surface area contributed by atoms with Gasteiger partial charge in [-0.15, -0.1) is 0 Å². The van der Waals surface area contributed by atoms with E-state index in [2.05, 4.69) is 17.1 Å². The van der Waals surface area contributed by atoms with Gasteiger partial charge in [-0.1, -0.05) is 13.8 Å². The van der Waals surface area contributed by atoms with E-state index in [4.69, 9.17) is 10.5 Å². The van der Waals surface area contributed by atoms with Gasteiger partial charge in [0.2, 0.25) is 5.91 Å². The van der Waals surface area contributed by atoms with Crippen molar-refractivity contribution in [1.29, 1.82) is 0 Å². The molecule has 5 heteroatoms. The Kier molecular flexibility index (Phi) is 6.60. The first-order valence-corrected chi connectivity index (χ1v) is 6.86. The number of methoxy groups -OCH3 is 1. The summed E-state index contributed by atoms with van der Waals surface area (Å²) in [6.07, 6.45) is 2.24. The molecule has 0 radical (unpaired) electrons. The van der Waals surface area contributed by atoms with Gasteiger partial charge < -0.3 is 20.7 Å². The van der Waals surface area contributed by atoms with Crippen LogP contribution in [-0.4, -0.2) is 56.2 Å². The highest BCUT2D eigenvalue weighted by Gasteiger charge is 2.26. The summed E-state index contributed by atoms with van der Waals surface area (Å²) in [5, 5.41) is 3.12. The third-order valence-corrected chi connectivity index (χ3v) is 3.80. The topological polar surface area (TPSA) is 67.6 Å². The number of ether oxygens (including phenoxy) is 1. The van der Waals surface area contributed by atoms with E-state index in [0.717, 1.165) is 39.0 Å². The van der Waals surface area contributed by atoms with Crippen molar-refractivity contribution < 1.29 is 9.53 Å². The molecule has 0 spiro atoms. The van der Waals surface area contributed by atoms with Crippen LogP contribution in [0.3, 0.4) is 0 Å². The number of likely N-dealkylation sites (tertiary alicyclic amines) is 1. The van der Waals surface area contributed by atoms with Gasteiger partial charge in [-0.25, -0.2) is 0 Å². The van der Waals surface area contributed by atoms with Crippen molar-refractivity contribution in [2.45, 2.75) is 38.8 Å². The van der Waals surface area contributed by atoms with Crippen molar-refractivity contribution in [3.05, 3.63) is 0 Å². The lowest BCUT2D eigenvalue weighted by Gasteiger charge is -2.36. The Morgan fingerprint density at radius 1 is 1.61 bits per heavy atom. The standard InChI is InChI=1S/C13H27N3O2/c1-4-15-11(13(14)17)6-8-16-7-5-10(2)12(9-16)18-3/h10-12,15H,4-9H2,1-3H3,(H2,14,17). The molecule has 1 fully saturated rings. The summed E-state index contributed by atoms with van der Waals surface area (Å²) in [4.78, 5) is 13.6. The molecule has 1 saturated heterocycles. The molecule has 0 saturated carbocycles. The first kappa shape index (κ1) is 15.4. The number of likely N-dealkylation sites (N-methyl/N-ethyl adjacent to an activating group) is 1. The molecular weight excluding hydrogens is 230 g/mol. The molecule has 1 aliphatic heterocycles. The average Bonchev–Trinajstić information content (AvgIpc) is 2.35. The Bertz CT molecular complexity index is 261. The average molecular weight is 257 g/mol. The first-order valence-electron chi connectivity index (χ1n) is 6.86. The van der Waals surface area contributed by atoms with Crippen LogP contribution in [0.4, 0.5) is 0 Å². The molecule has 3 N–H and O–H groups in total. The van der Waals surface area contributed by atoms with Gasteiger partial charge in [0.15, 0.2) is 0 Å². The number of carbonyl (C=O) groups excluding carboxylic acids is 1. The normalized spacial score (nSPS) is 27.1. The maximum atomic E-state index is 11.3. The van der Waals surface area contributed by atoms with Crippen molar-refractivity contribution in [1.82, 2.24) is 10.2 Å². The van der Waals surface area contributed by atoms with Crippen LogP contribution >= 0.6 is 0 Å². The number of piperidine rings is 1. The van der Waals surface area contributed by atoms with Crippen LogP contribution < -0.4 is 11.1 Å². The summed E-state index contributed by atoms with van der Waals surface area (Å²) in [5.74, 6) is 0.359. The number of nitrogens with zero attached hydrogens (tertiary/aromatic N) is 1. The number of amides is 1. The molecule has 0 aliphatic carbocycles. The van der Waals surface area contributed by atoms with Gasteiger partial charge >= 0.3 is 0 Å². The van der Waals surface area contributed by atoms with E-state index >= 15 is 0 Å². The molecule has 5 nitrogen and oxygen atoms in total. The first-order chi connectivity index (χ1) is 8.58. The van der Waals surface area contributed by atoms with Crippen LogP contribution in [0.5, 0.6) is 0 Å². The second-order valence-electron chi connectivity index (χ2n) is 5.14. The number of nitrogens with two attached hydrogens (primary N) is 1. The number of rotatable bonds is 7. The van der Waals surface area contributed by atoms with Gasteiger partial charge in [-0.05, 0) is 31.8 Å². The van der Waals surface area contributed by atoms with Crippen LogP contribution in [0.1, 0.15) is 26.7 Å². The fraction of sp³-hybridized carbons (Fsp3) is 0.923. The highest BCUT2D eigenvalue weighted by Crippen LogP contribution is 2.19. The van der Waals surface area contributed by atoms with Crippen LogP contribution in [0.2, 0.25) is 0 Å². The second-order valence-corrected chi connectivity index (χ2v) is 5.14. The van der Waals surface area contributed by atoms with Crippen molar-refractivity contribution in [2.75, 3.05) is 33.3 Å². The van der Waals surface area contributed by atoms with Gasteiger partial charge in [-0.3, -0.25) is 4.79 Å². The molecular formula is C13H27N3O2. The fourth-order valence-electron chi connectivity index (χ4n) is 2.51. The van der Waals surface area contributed by atoms with Crippen molar-refractivity contribution in [3.8, 4) is 0 Å². The highest BCUT2D eigenvalue weighted by atomic mass is 16.5. The Morgan fingerprint density at radius 2 is 2.33 bits per heavy atom. The molecule has 3 atom stereocenters. The summed E-state index contributed by atoms with van der Waals surface area (Å²) >= 11 is 0. The van der Waals surface area contributed by atoms with E-state index in [1.54, 1.807) is 7.11 Å². The van der Waals surface area contributed by atoms with Crippen LogP contribution in [0, 0.1) is 5.92 Å². The summed E-state index contributed by atoms with van der Waals surface area (Å²) in [5.41, 5.74) is 5.37. The zero-order valence-electron chi connectivity index (χ0n) is 11.8. The Morgan fingerprint density at radius 3 is 2.89 bits per heavy atom. The molecule has 0 bridgehead atoms. The predicted octanol–water partition coefficient (Wildman–Crippen LogP) is 0.197. The van der Waals surface area contributed by atoms with E-state index in [-0.39, 0.29) is 11.9 Å². The third-order valence-electron chi connectivity index (χ3n) is 3.80. The van der Waals surface area contributed by atoms with Gasteiger partial charge in [0, 0.05) is 20.2 Å². The fourth-order valence-corrected chi connectivity index (χ4v) is 2.51. The molecule has 106 valence electrons. The van der Waals surface area contributed by atoms with E-state index in [1.807, 2.05) is 6.92 Å². The number of carbonyl (C=O) groups is 1. The number of hydrogen-bond acceptors (Lipinski definition) is 4. The van der Waals surface area contributed by atoms with Gasteiger partial charge in [0.25, 0.3) is 0 Å². The molecule has 1 aliphatic rings. The number of nitrogens with one attached hydrogen (secondary N) is 1. The molecule has 18 heavy (non-hydrogen) atoms. The van der Waals surface area contributed by atoms with E-state index in [1.165, 1.54) is 0 Å². The third kappa shape index (κ3) is 4.55. The van der Waals surface area contributed by atoms with Crippen molar-refractivity contribution in [2.24, 2.45) is 11.7 Å². The summed E-state index contributed by atoms with van der Waals surface area (Å²) in [7, 11) is 1.77. The quantitative estimate of drug-likeness (QED) is 0.683. The highest BCUT2D eigenvalue weighted by molar-refractivity contribution is 5.79. The van der Waals surface area contributed by atoms with Crippen molar-refractivity contribution in [3.63, 3.8) is 0 Å². The lowest BCUT2D eigenvalue weighted by molar-refractivity contribution is -0.120. The smallest absolute Gasteiger partial charge is 0.234 e. The van der Waals surface area contributed by atoms with Crippen molar-refractivity contribution >= 4 is 5.91 Å². The second kappa shape index (κ2) is 7.71. The Balaban J connectivity index is 2.36. The van der Waals surface area contributed by atoms with Crippen LogP contribution in [-0.2, 0) is 9.53 Å². The minimum atomic E-state index is -0.259. The summed E-state index contributed by atoms with van der Waals surface area (Å²) in [6, 6.07) is -0.213. The van der Waals surface area contributed by atoms with E-state index in [0.29, 0.717) is 12.0 Å². The zero-order valence-corrected chi connectivity index (χ0v) is 11.8. The largest absolute Gasteiger partial charge is 0.380 e. The number of primary amides is 1. The maximum absolute atomic E-state index is 11.3. The monoisotopic (exact) mass is 257 g/mol. The Labute approximate surface area is 110 Å². The predicted molar refractivity (Wildman–Crippen MR) is 72.3 cm³/mol. The minimum Gasteiger partial charge on any atom is -0.380 e.